The molecular formula is C54H92NO10P. The Balaban J connectivity index is 3.91. The van der Waals surface area contributed by atoms with E-state index in [0.717, 1.165) is 70.6 Å². The number of allylic oxidation sites excluding steroid dienone is 14. The number of phosphoric acid groups is 1. The molecule has 0 aliphatic rings. The Labute approximate surface area is 401 Å². The summed E-state index contributed by atoms with van der Waals surface area (Å²) in [6.07, 6.45) is 60.4. The van der Waals surface area contributed by atoms with Crippen molar-refractivity contribution in [3.05, 3.63) is 85.1 Å². The molecule has 66 heavy (non-hydrogen) atoms. The van der Waals surface area contributed by atoms with Crippen LogP contribution >= 0.6 is 7.82 Å². The highest BCUT2D eigenvalue weighted by Crippen LogP contribution is 2.43. The largest absolute Gasteiger partial charge is 0.480 e. The van der Waals surface area contributed by atoms with Gasteiger partial charge in [0.05, 0.1) is 13.2 Å². The first-order valence-electron chi connectivity index (χ1n) is 25.6. The fourth-order valence-corrected chi connectivity index (χ4v) is 7.50. The molecule has 0 fully saturated rings. The summed E-state index contributed by atoms with van der Waals surface area (Å²) in [7, 11) is -4.78. The van der Waals surface area contributed by atoms with Gasteiger partial charge in [0, 0.05) is 12.8 Å². The zero-order chi connectivity index (χ0) is 48.4. The molecule has 0 saturated heterocycles. The molecule has 1 amide bonds. The van der Waals surface area contributed by atoms with Crippen molar-refractivity contribution in [1.82, 2.24) is 5.32 Å². The average Bonchev–Trinajstić information content (AvgIpc) is 3.29. The third kappa shape index (κ3) is 47.2. The predicted molar refractivity (Wildman–Crippen MR) is 272 cm³/mol. The fourth-order valence-electron chi connectivity index (χ4n) is 6.72. The molecular weight excluding hydrogens is 854 g/mol. The van der Waals surface area contributed by atoms with Crippen LogP contribution < -0.4 is 5.32 Å². The molecule has 0 bridgehead atoms. The van der Waals surface area contributed by atoms with Gasteiger partial charge in [0.25, 0.3) is 0 Å². The lowest BCUT2D eigenvalue weighted by Gasteiger charge is -2.18. The van der Waals surface area contributed by atoms with Gasteiger partial charge >= 0.3 is 19.8 Å². The lowest BCUT2D eigenvalue weighted by Crippen LogP contribution is -2.43. The van der Waals surface area contributed by atoms with E-state index in [2.05, 4.69) is 98.2 Å². The minimum Gasteiger partial charge on any atom is -0.480 e. The molecule has 11 nitrogen and oxygen atoms in total. The lowest BCUT2D eigenvalue weighted by molar-refractivity contribution is -0.147. The summed E-state index contributed by atoms with van der Waals surface area (Å²) >= 11 is 0. The number of carboxylic acids is 1. The first-order chi connectivity index (χ1) is 32.1. The van der Waals surface area contributed by atoms with E-state index in [1.54, 1.807) is 0 Å². The highest BCUT2D eigenvalue weighted by molar-refractivity contribution is 7.47. The summed E-state index contributed by atoms with van der Waals surface area (Å²) in [5, 5.41) is 21.9. The molecule has 0 aromatic rings. The number of ether oxygens (including phenoxy) is 1. The number of aliphatic hydroxyl groups excluding tert-OH is 1. The number of esters is 1. The van der Waals surface area contributed by atoms with Crippen molar-refractivity contribution >= 4 is 25.7 Å². The minimum absolute atomic E-state index is 0.0862. The number of rotatable bonds is 47. The van der Waals surface area contributed by atoms with Gasteiger partial charge in [-0.3, -0.25) is 18.6 Å². The van der Waals surface area contributed by atoms with Crippen molar-refractivity contribution < 1.29 is 47.8 Å². The Kier molecular flexibility index (Phi) is 45.7. The van der Waals surface area contributed by atoms with E-state index in [1.165, 1.54) is 96.3 Å². The molecule has 0 spiro atoms. The number of hydrogen-bond donors (Lipinski definition) is 4. The molecule has 0 aromatic heterocycles. The van der Waals surface area contributed by atoms with Crippen molar-refractivity contribution in [2.24, 2.45) is 0 Å². The maximum absolute atomic E-state index is 12.3. The van der Waals surface area contributed by atoms with Crippen molar-refractivity contribution in [1.29, 1.82) is 0 Å². The van der Waals surface area contributed by atoms with Crippen LogP contribution in [0.1, 0.15) is 206 Å². The van der Waals surface area contributed by atoms with E-state index in [0.29, 0.717) is 12.8 Å². The van der Waals surface area contributed by atoms with Gasteiger partial charge in [-0.25, -0.2) is 9.36 Å². The molecule has 0 saturated carbocycles. The molecule has 378 valence electrons. The van der Waals surface area contributed by atoms with Gasteiger partial charge in [-0.2, -0.15) is 0 Å². The predicted octanol–water partition coefficient (Wildman–Crippen LogP) is 14.2. The van der Waals surface area contributed by atoms with Crippen LogP contribution in [0.5, 0.6) is 0 Å². The number of amides is 1. The Morgan fingerprint density at radius 3 is 1.35 bits per heavy atom. The van der Waals surface area contributed by atoms with Crippen LogP contribution in [0.25, 0.3) is 0 Å². The summed E-state index contributed by atoms with van der Waals surface area (Å²) in [5.41, 5.74) is 0. The van der Waals surface area contributed by atoms with E-state index in [1.807, 2.05) is 6.08 Å². The maximum Gasteiger partial charge on any atom is 0.472 e. The van der Waals surface area contributed by atoms with Crippen LogP contribution in [0.2, 0.25) is 0 Å². The lowest BCUT2D eigenvalue weighted by atomic mass is 10.0. The second kappa shape index (κ2) is 48.1. The summed E-state index contributed by atoms with van der Waals surface area (Å²) in [6.45, 7) is 2.46. The number of carbonyl (C=O) groups is 3. The van der Waals surface area contributed by atoms with Crippen LogP contribution in [0.15, 0.2) is 85.1 Å². The van der Waals surface area contributed by atoms with Crippen LogP contribution in [0.3, 0.4) is 0 Å². The topological polar surface area (TPSA) is 169 Å². The quantitative estimate of drug-likeness (QED) is 0.0199. The standard InChI is InChI=1S/C54H92NO10P/c1-3-5-7-9-11-13-15-17-19-21-23-25-27-29-31-33-35-37-39-41-43-45-52(57)55-51(54(59)60)49-65-66(61,62)64-48-50(56)47-63-53(58)46-44-42-40-38-36-34-32-30-28-26-24-22-20-18-16-14-12-10-8-6-4-2/h5,7,11,13,17-20,23,25,29,31,35,37,50-51,56H,3-4,6,8-10,12,14-16,21-22,24,26-28,30,32-34,36,38-49H2,1-2H3,(H,55,57)(H,59,60)(H,61,62)/b7-5-,13-11-,19-17-,20-18+,25-23-,31-29-,37-35-. The van der Waals surface area contributed by atoms with Crippen molar-refractivity contribution in [3.8, 4) is 0 Å². The second-order valence-electron chi connectivity index (χ2n) is 17.0. The molecule has 0 aliphatic carbocycles. The Morgan fingerprint density at radius 2 is 0.879 bits per heavy atom. The normalized spacial score (nSPS) is 14.2. The number of unbranched alkanes of at least 4 members (excludes halogenated alkanes) is 19. The number of aliphatic carboxylic acids is 1. The molecule has 0 heterocycles. The summed E-state index contributed by atoms with van der Waals surface area (Å²) < 4.78 is 26.9. The van der Waals surface area contributed by atoms with E-state index in [-0.39, 0.29) is 12.8 Å². The van der Waals surface area contributed by atoms with Gasteiger partial charge in [0.2, 0.25) is 5.91 Å². The molecule has 3 atom stereocenters. The van der Waals surface area contributed by atoms with Gasteiger partial charge < -0.3 is 25.2 Å². The third-order valence-corrected chi connectivity index (χ3v) is 11.6. The molecule has 12 heteroatoms. The van der Waals surface area contributed by atoms with Crippen LogP contribution in [-0.4, -0.2) is 64.9 Å². The zero-order valence-corrected chi connectivity index (χ0v) is 42.1. The van der Waals surface area contributed by atoms with Gasteiger partial charge in [-0.15, -0.1) is 0 Å². The van der Waals surface area contributed by atoms with Crippen LogP contribution in [0.4, 0.5) is 0 Å². The van der Waals surface area contributed by atoms with Crippen molar-refractivity contribution in [2.75, 3.05) is 19.8 Å². The number of aliphatic hydroxyl groups is 1. The number of nitrogens with one attached hydrogen (secondary N) is 1. The average molecular weight is 946 g/mol. The fraction of sp³-hybridized carbons (Fsp3) is 0.685. The van der Waals surface area contributed by atoms with Crippen LogP contribution in [-0.2, 0) is 32.7 Å². The summed E-state index contributed by atoms with van der Waals surface area (Å²) in [6, 6.07) is -1.58. The monoisotopic (exact) mass is 946 g/mol. The Morgan fingerprint density at radius 1 is 0.500 bits per heavy atom. The molecule has 0 rings (SSSR count). The molecule has 3 unspecified atom stereocenters. The first kappa shape index (κ1) is 62.7. The van der Waals surface area contributed by atoms with Gasteiger partial charge in [0.1, 0.15) is 12.7 Å². The molecule has 4 N–H and O–H groups in total. The minimum atomic E-state index is -4.78. The van der Waals surface area contributed by atoms with Gasteiger partial charge in [-0.05, 0) is 89.9 Å². The van der Waals surface area contributed by atoms with Gasteiger partial charge in [-0.1, -0.05) is 189 Å². The first-order valence-corrected chi connectivity index (χ1v) is 27.1. The highest BCUT2D eigenvalue weighted by Gasteiger charge is 2.28. The number of carbonyl (C=O) groups excluding carboxylic acids is 2. The molecule has 0 radical (unpaired) electrons. The number of carboxylic acid groups (broad SMARTS) is 1. The van der Waals surface area contributed by atoms with E-state index in [4.69, 9.17) is 13.8 Å². The van der Waals surface area contributed by atoms with Crippen LogP contribution in [0, 0.1) is 0 Å². The second-order valence-corrected chi connectivity index (χ2v) is 18.4. The smallest absolute Gasteiger partial charge is 0.472 e. The van der Waals surface area contributed by atoms with E-state index in [9.17, 15) is 34.1 Å². The summed E-state index contributed by atoms with van der Waals surface area (Å²) in [5.74, 6) is -2.44. The number of phosphoric ester groups is 1. The Hall–Kier alpha value is -3.34. The van der Waals surface area contributed by atoms with E-state index < -0.39 is 57.6 Å². The Bertz CT molecular complexity index is 1440. The number of hydrogen-bond acceptors (Lipinski definition) is 8. The SMILES string of the molecule is CC/C=C\C/C=C\C/C=C\C/C=C\C/C=C\C/C=C\CCCCC(=O)NC(COP(=O)(O)OCC(O)COC(=O)CCCCCCCCCCCCC/C=C/CCCCCCCC)C(=O)O. The third-order valence-electron chi connectivity index (χ3n) is 10.7. The van der Waals surface area contributed by atoms with Crippen molar-refractivity contribution in [3.63, 3.8) is 0 Å². The van der Waals surface area contributed by atoms with Crippen molar-refractivity contribution in [2.45, 2.75) is 219 Å². The summed E-state index contributed by atoms with van der Waals surface area (Å²) in [4.78, 5) is 46.1. The molecule has 0 aromatic carbocycles. The molecule has 0 aliphatic heterocycles. The maximum atomic E-state index is 12.3. The van der Waals surface area contributed by atoms with Gasteiger partial charge in [0.15, 0.2) is 6.04 Å². The highest BCUT2D eigenvalue weighted by atomic mass is 31.2. The zero-order valence-electron chi connectivity index (χ0n) is 41.2. The van der Waals surface area contributed by atoms with E-state index >= 15 is 0 Å².